The lowest BCUT2D eigenvalue weighted by Gasteiger charge is -2.14. The average Bonchev–Trinajstić information content (AvgIpc) is 3.29. The second-order valence-electron chi connectivity index (χ2n) is 9.26. The molecule has 1 amide bonds. The molecule has 196 valence electrons. The minimum Gasteiger partial charge on any atom is -0.489 e. The second-order valence-corrected chi connectivity index (χ2v) is 9.70. The van der Waals surface area contributed by atoms with E-state index in [0.29, 0.717) is 28.5 Å². The van der Waals surface area contributed by atoms with Crippen molar-refractivity contribution in [1.29, 1.82) is 0 Å². The van der Waals surface area contributed by atoms with Gasteiger partial charge in [-0.1, -0.05) is 78.3 Å². The highest BCUT2D eigenvalue weighted by Gasteiger charge is 2.25. The SMILES string of the molecule is Cc1c(C(=O)NC(Cc2ccc(OCc3ccccc3)cc2)C(=O)O)oc2cc(-c3ccc(Cl)cc3)ccc12. The Morgan fingerprint density at radius 2 is 1.59 bits per heavy atom. The van der Waals surface area contributed by atoms with E-state index in [0.717, 1.165) is 27.6 Å². The maximum absolute atomic E-state index is 13.1. The highest BCUT2D eigenvalue weighted by Crippen LogP contribution is 2.30. The summed E-state index contributed by atoms with van der Waals surface area (Å²) in [7, 11) is 0. The fraction of sp³-hybridized carbons (Fsp3) is 0.125. The lowest BCUT2D eigenvalue weighted by molar-refractivity contribution is -0.139. The molecule has 5 rings (SSSR count). The van der Waals surface area contributed by atoms with Crippen molar-refractivity contribution in [2.45, 2.75) is 26.0 Å². The molecule has 7 heteroatoms. The van der Waals surface area contributed by atoms with E-state index in [-0.39, 0.29) is 12.2 Å². The summed E-state index contributed by atoms with van der Waals surface area (Å²) < 4.78 is 11.7. The Labute approximate surface area is 230 Å². The zero-order chi connectivity index (χ0) is 27.4. The summed E-state index contributed by atoms with van der Waals surface area (Å²) in [6.07, 6.45) is 0.111. The van der Waals surface area contributed by atoms with Crippen LogP contribution in [-0.2, 0) is 17.8 Å². The van der Waals surface area contributed by atoms with E-state index in [1.165, 1.54) is 0 Å². The number of furan rings is 1. The van der Waals surface area contributed by atoms with Gasteiger partial charge in [0.25, 0.3) is 5.91 Å². The van der Waals surface area contributed by atoms with E-state index in [1.54, 1.807) is 31.2 Å². The lowest BCUT2D eigenvalue weighted by atomic mass is 10.0. The number of carbonyl (C=O) groups is 2. The third-order valence-corrected chi connectivity index (χ3v) is 6.79. The molecular formula is C32H26ClNO5. The van der Waals surface area contributed by atoms with Crippen LogP contribution in [0.25, 0.3) is 22.1 Å². The molecule has 0 aliphatic carbocycles. The molecule has 0 bridgehead atoms. The molecule has 0 fully saturated rings. The average molecular weight is 540 g/mol. The van der Waals surface area contributed by atoms with E-state index in [9.17, 15) is 14.7 Å². The van der Waals surface area contributed by atoms with Crippen molar-refractivity contribution in [3.8, 4) is 16.9 Å². The van der Waals surface area contributed by atoms with E-state index in [1.807, 2.05) is 72.8 Å². The predicted octanol–water partition coefficient (Wildman–Crippen LogP) is 7.07. The van der Waals surface area contributed by atoms with Gasteiger partial charge < -0.3 is 19.6 Å². The predicted molar refractivity (Wildman–Crippen MR) is 151 cm³/mol. The Balaban J connectivity index is 1.27. The highest BCUT2D eigenvalue weighted by molar-refractivity contribution is 6.30. The molecule has 1 heterocycles. The minimum atomic E-state index is -1.13. The summed E-state index contributed by atoms with van der Waals surface area (Å²) in [5.74, 6) is -0.943. The standard InChI is InChI=1S/C32H26ClNO5/c1-20-27-16-11-24(23-9-12-25(33)13-10-23)18-29(27)39-30(20)31(35)34-28(32(36)37)17-21-7-14-26(15-8-21)38-19-22-5-3-2-4-6-22/h2-16,18,28H,17,19H2,1H3,(H,34,35)(H,36,37). The Hall–Kier alpha value is -4.55. The molecule has 1 unspecified atom stereocenters. The number of fused-ring (bicyclic) bond motifs is 1. The summed E-state index contributed by atoms with van der Waals surface area (Å²) >= 11 is 6.00. The van der Waals surface area contributed by atoms with Gasteiger partial charge in [0.05, 0.1) is 0 Å². The molecular weight excluding hydrogens is 514 g/mol. The van der Waals surface area contributed by atoms with Crippen LogP contribution in [0.2, 0.25) is 5.02 Å². The fourth-order valence-electron chi connectivity index (χ4n) is 4.39. The highest BCUT2D eigenvalue weighted by atomic mass is 35.5. The number of amides is 1. The number of rotatable bonds is 9. The van der Waals surface area contributed by atoms with E-state index in [2.05, 4.69) is 5.32 Å². The van der Waals surface area contributed by atoms with Crippen LogP contribution in [0.1, 0.15) is 27.2 Å². The summed E-state index contributed by atoms with van der Waals surface area (Å²) in [4.78, 5) is 25.1. The first-order chi connectivity index (χ1) is 18.9. The minimum absolute atomic E-state index is 0.0918. The van der Waals surface area contributed by atoms with Gasteiger partial charge in [0.1, 0.15) is 24.0 Å². The van der Waals surface area contributed by atoms with Crippen LogP contribution >= 0.6 is 11.6 Å². The number of carbonyl (C=O) groups excluding carboxylic acids is 1. The van der Waals surface area contributed by atoms with Gasteiger partial charge >= 0.3 is 5.97 Å². The molecule has 0 saturated carbocycles. The topological polar surface area (TPSA) is 88.8 Å². The maximum atomic E-state index is 13.1. The Morgan fingerprint density at radius 1 is 0.897 bits per heavy atom. The van der Waals surface area contributed by atoms with Crippen LogP contribution in [0, 0.1) is 6.92 Å². The maximum Gasteiger partial charge on any atom is 0.326 e. The summed E-state index contributed by atoms with van der Waals surface area (Å²) in [6, 6.07) is 29.0. The van der Waals surface area contributed by atoms with E-state index < -0.39 is 17.9 Å². The molecule has 39 heavy (non-hydrogen) atoms. The molecule has 1 atom stereocenters. The van der Waals surface area contributed by atoms with Crippen LogP contribution < -0.4 is 10.1 Å². The van der Waals surface area contributed by atoms with Gasteiger partial charge in [-0.05, 0) is 59.5 Å². The van der Waals surface area contributed by atoms with E-state index in [4.69, 9.17) is 20.8 Å². The molecule has 6 nitrogen and oxygen atoms in total. The smallest absolute Gasteiger partial charge is 0.326 e. The van der Waals surface area contributed by atoms with Crippen LogP contribution in [0.5, 0.6) is 5.75 Å². The molecule has 0 spiro atoms. The van der Waals surface area contributed by atoms with Crippen molar-refractivity contribution in [1.82, 2.24) is 5.32 Å². The third kappa shape index (κ3) is 6.13. The number of aliphatic carboxylic acids is 1. The van der Waals surface area contributed by atoms with Crippen molar-refractivity contribution in [3.63, 3.8) is 0 Å². The number of hydrogen-bond acceptors (Lipinski definition) is 4. The van der Waals surface area contributed by atoms with Crippen LogP contribution in [0.15, 0.2) is 101 Å². The van der Waals surface area contributed by atoms with Crippen molar-refractivity contribution in [2.75, 3.05) is 0 Å². The number of nitrogens with one attached hydrogen (secondary N) is 1. The number of hydrogen-bond donors (Lipinski definition) is 2. The normalized spacial score (nSPS) is 11.7. The first-order valence-corrected chi connectivity index (χ1v) is 12.8. The fourth-order valence-corrected chi connectivity index (χ4v) is 4.51. The zero-order valence-electron chi connectivity index (χ0n) is 21.2. The summed E-state index contributed by atoms with van der Waals surface area (Å²) in [6.45, 7) is 2.22. The van der Waals surface area contributed by atoms with Gasteiger partial charge in [-0.3, -0.25) is 4.79 Å². The molecule has 5 aromatic rings. The van der Waals surface area contributed by atoms with Gasteiger partial charge in [-0.15, -0.1) is 0 Å². The van der Waals surface area contributed by atoms with Gasteiger partial charge in [0.15, 0.2) is 5.76 Å². The third-order valence-electron chi connectivity index (χ3n) is 6.54. The number of carboxylic acids is 1. The molecule has 0 saturated heterocycles. The van der Waals surface area contributed by atoms with Crippen LogP contribution in [-0.4, -0.2) is 23.0 Å². The zero-order valence-corrected chi connectivity index (χ0v) is 21.9. The first-order valence-electron chi connectivity index (χ1n) is 12.5. The second kappa shape index (κ2) is 11.5. The lowest BCUT2D eigenvalue weighted by Crippen LogP contribution is -2.42. The Kier molecular flexibility index (Phi) is 7.66. The molecule has 0 radical (unpaired) electrons. The van der Waals surface area contributed by atoms with Gasteiger partial charge in [0.2, 0.25) is 0 Å². The first kappa shape index (κ1) is 26.1. The van der Waals surface area contributed by atoms with Gasteiger partial charge in [-0.2, -0.15) is 0 Å². The Bertz CT molecular complexity index is 1610. The van der Waals surface area contributed by atoms with Crippen molar-refractivity contribution < 1.29 is 23.8 Å². The molecule has 0 aliphatic heterocycles. The number of halogens is 1. The van der Waals surface area contributed by atoms with E-state index >= 15 is 0 Å². The summed E-state index contributed by atoms with van der Waals surface area (Å²) in [5, 5.41) is 13.9. The molecule has 2 N–H and O–H groups in total. The van der Waals surface area contributed by atoms with Crippen molar-refractivity contribution >= 4 is 34.4 Å². The molecule has 0 aliphatic rings. The van der Waals surface area contributed by atoms with Crippen LogP contribution in [0.3, 0.4) is 0 Å². The van der Waals surface area contributed by atoms with Gasteiger partial charge in [-0.25, -0.2) is 4.79 Å². The number of benzene rings is 4. The quantitative estimate of drug-likeness (QED) is 0.209. The van der Waals surface area contributed by atoms with Crippen molar-refractivity contribution in [3.05, 3.63) is 125 Å². The van der Waals surface area contributed by atoms with Gasteiger partial charge in [0, 0.05) is 22.4 Å². The summed E-state index contributed by atoms with van der Waals surface area (Å²) in [5.41, 5.74) is 4.88. The van der Waals surface area contributed by atoms with Crippen molar-refractivity contribution in [2.24, 2.45) is 0 Å². The van der Waals surface area contributed by atoms with Crippen LogP contribution in [0.4, 0.5) is 0 Å². The number of aryl methyl sites for hydroxylation is 1. The molecule has 4 aromatic carbocycles. The Morgan fingerprint density at radius 3 is 2.28 bits per heavy atom. The largest absolute Gasteiger partial charge is 0.489 e. The number of carboxylic acid groups (broad SMARTS) is 1. The monoisotopic (exact) mass is 539 g/mol. The number of ether oxygens (including phenoxy) is 1. The molecule has 1 aromatic heterocycles.